The molecule has 1 aromatic heterocycles. The van der Waals surface area contributed by atoms with Gasteiger partial charge in [0, 0.05) is 16.8 Å². The van der Waals surface area contributed by atoms with Gasteiger partial charge in [-0.3, -0.25) is 0 Å². The summed E-state index contributed by atoms with van der Waals surface area (Å²) in [5.41, 5.74) is 2.27. The Morgan fingerprint density at radius 1 is 1.00 bits per heavy atom. The van der Waals surface area contributed by atoms with Gasteiger partial charge in [-0.05, 0) is 35.2 Å². The summed E-state index contributed by atoms with van der Waals surface area (Å²) in [4.78, 5) is 10.9. The monoisotopic (exact) mass is 332 g/mol. The fourth-order valence-electron chi connectivity index (χ4n) is 2.36. The number of nitrogens with one attached hydrogen (secondary N) is 2. The lowest BCUT2D eigenvalue weighted by Gasteiger charge is -2.28. The molecule has 1 aromatic carbocycles. The van der Waals surface area contributed by atoms with Crippen molar-refractivity contribution < 1.29 is 5.11 Å². The highest BCUT2D eigenvalue weighted by Crippen LogP contribution is 2.41. The Morgan fingerprint density at radius 2 is 1.52 bits per heavy atom. The maximum absolute atomic E-state index is 10.7. The normalized spacial score (nSPS) is 12.3. The average Bonchev–Trinajstić information content (AvgIpc) is 2.38. The molecule has 2 rings (SSSR count). The van der Waals surface area contributed by atoms with Crippen molar-refractivity contribution in [2.75, 3.05) is 5.32 Å². The van der Waals surface area contributed by atoms with Crippen molar-refractivity contribution in [3.63, 3.8) is 0 Å². The van der Waals surface area contributed by atoms with Crippen LogP contribution in [0.3, 0.4) is 0 Å². The van der Waals surface area contributed by atoms with Crippen LogP contribution in [-0.4, -0.2) is 20.1 Å². The molecular weight excluding hydrogens is 308 g/mol. The van der Waals surface area contributed by atoms with E-state index in [9.17, 15) is 5.11 Å². The molecule has 0 amide bonds. The molecule has 23 heavy (non-hydrogen) atoms. The van der Waals surface area contributed by atoms with Crippen LogP contribution in [0.15, 0.2) is 18.5 Å². The third-order valence-electron chi connectivity index (χ3n) is 3.58. The van der Waals surface area contributed by atoms with Crippen LogP contribution in [0.1, 0.15) is 52.7 Å². The van der Waals surface area contributed by atoms with Gasteiger partial charge in [0.15, 0.2) is 0 Å². The van der Waals surface area contributed by atoms with Crippen LogP contribution < -0.4 is 5.32 Å². The molecule has 0 aliphatic carbocycles. The van der Waals surface area contributed by atoms with E-state index in [-0.39, 0.29) is 10.8 Å². The quantitative estimate of drug-likeness (QED) is 0.554. The minimum absolute atomic E-state index is 0.180. The number of phenolic OH excluding ortho intramolecular Hbond substituents is 1. The van der Waals surface area contributed by atoms with E-state index in [0.717, 1.165) is 16.8 Å². The van der Waals surface area contributed by atoms with Gasteiger partial charge < -0.3 is 15.4 Å². The zero-order valence-electron chi connectivity index (χ0n) is 14.5. The van der Waals surface area contributed by atoms with E-state index in [1.165, 1.54) is 6.33 Å². The molecular formula is C17H24N4OS. The van der Waals surface area contributed by atoms with Crippen LogP contribution in [0, 0.1) is 4.77 Å². The van der Waals surface area contributed by atoms with E-state index >= 15 is 0 Å². The Labute approximate surface area is 142 Å². The van der Waals surface area contributed by atoms with Crippen molar-refractivity contribution in [3.05, 3.63) is 34.4 Å². The molecule has 5 nitrogen and oxygen atoms in total. The fraction of sp³-hybridized carbons (Fsp3) is 0.471. The fourth-order valence-corrected chi connectivity index (χ4v) is 2.50. The predicted molar refractivity (Wildman–Crippen MR) is 96.0 cm³/mol. The van der Waals surface area contributed by atoms with Gasteiger partial charge in [-0.1, -0.05) is 41.5 Å². The number of rotatable bonds is 2. The Hall–Kier alpha value is -1.95. The van der Waals surface area contributed by atoms with Gasteiger partial charge in [0.1, 0.15) is 12.1 Å². The second-order valence-corrected chi connectivity index (χ2v) is 8.08. The molecule has 0 fully saturated rings. The molecule has 2 aromatic rings. The van der Waals surface area contributed by atoms with Gasteiger partial charge in [-0.25, -0.2) is 9.97 Å². The molecule has 0 atom stereocenters. The molecule has 0 saturated carbocycles. The maximum atomic E-state index is 10.7. The molecule has 1 heterocycles. The number of anilines is 2. The first kappa shape index (κ1) is 17.4. The molecule has 0 spiro atoms. The number of hydrogen-bond donors (Lipinski definition) is 3. The highest BCUT2D eigenvalue weighted by atomic mass is 32.1. The molecule has 0 saturated heterocycles. The predicted octanol–water partition coefficient (Wildman–Crippen LogP) is 4.58. The lowest BCUT2D eigenvalue weighted by atomic mass is 9.79. The molecule has 0 aliphatic rings. The zero-order chi connectivity index (χ0) is 17.4. The number of aromatic nitrogens is 3. The van der Waals surface area contributed by atoms with E-state index < -0.39 is 0 Å². The molecule has 0 bridgehead atoms. The Morgan fingerprint density at radius 3 is 1.96 bits per heavy atom. The number of hydrogen-bond acceptors (Lipinski definition) is 5. The Bertz CT molecular complexity index is 734. The minimum Gasteiger partial charge on any atom is -0.507 e. The lowest BCUT2D eigenvalue weighted by molar-refractivity contribution is 0.423. The first-order valence-corrected chi connectivity index (χ1v) is 7.95. The largest absolute Gasteiger partial charge is 0.507 e. The van der Waals surface area contributed by atoms with Crippen LogP contribution in [0.25, 0.3) is 0 Å². The number of phenols is 1. The topological polar surface area (TPSA) is 73.8 Å². The summed E-state index contributed by atoms with van der Waals surface area (Å²) in [5, 5.41) is 13.9. The van der Waals surface area contributed by atoms with Crippen molar-refractivity contribution >= 4 is 23.9 Å². The first-order valence-electron chi connectivity index (χ1n) is 7.55. The highest BCUT2D eigenvalue weighted by Gasteiger charge is 2.26. The van der Waals surface area contributed by atoms with Crippen LogP contribution in [-0.2, 0) is 10.8 Å². The van der Waals surface area contributed by atoms with E-state index in [1.807, 2.05) is 12.1 Å². The van der Waals surface area contributed by atoms with E-state index in [0.29, 0.717) is 16.5 Å². The summed E-state index contributed by atoms with van der Waals surface area (Å²) < 4.78 is 0.369. The van der Waals surface area contributed by atoms with Crippen molar-refractivity contribution in [2.24, 2.45) is 0 Å². The second-order valence-electron chi connectivity index (χ2n) is 7.70. The molecule has 6 heteroatoms. The summed E-state index contributed by atoms with van der Waals surface area (Å²) in [7, 11) is 0. The third-order valence-corrected chi connectivity index (χ3v) is 3.78. The molecule has 124 valence electrons. The molecule has 0 radical (unpaired) electrons. The van der Waals surface area contributed by atoms with Gasteiger partial charge in [0.25, 0.3) is 0 Å². The number of H-pyrrole nitrogens is 1. The number of aromatic hydroxyl groups is 1. The lowest BCUT2D eigenvalue weighted by Crippen LogP contribution is -2.17. The van der Waals surface area contributed by atoms with Crippen molar-refractivity contribution in [3.8, 4) is 5.75 Å². The minimum atomic E-state index is -0.180. The SMILES string of the molecule is CC(C)(C)c1cc(Nc2ncnc(=S)[nH]2)cc(C(C)(C)C)c1O. The average molecular weight is 332 g/mol. The highest BCUT2D eigenvalue weighted by molar-refractivity contribution is 7.71. The number of benzene rings is 1. The smallest absolute Gasteiger partial charge is 0.208 e. The molecule has 3 N–H and O–H groups in total. The zero-order valence-corrected chi connectivity index (χ0v) is 15.3. The van der Waals surface area contributed by atoms with E-state index in [4.69, 9.17) is 12.2 Å². The van der Waals surface area contributed by atoms with Crippen LogP contribution >= 0.6 is 12.2 Å². The van der Waals surface area contributed by atoms with Crippen molar-refractivity contribution in [2.45, 2.75) is 52.4 Å². The van der Waals surface area contributed by atoms with Crippen molar-refractivity contribution in [1.29, 1.82) is 0 Å². The summed E-state index contributed by atoms with van der Waals surface area (Å²) >= 11 is 5.02. The van der Waals surface area contributed by atoms with Crippen molar-refractivity contribution in [1.82, 2.24) is 15.0 Å². The first-order chi connectivity index (χ1) is 10.5. The Kier molecular flexibility index (Phi) is 4.48. The van der Waals surface area contributed by atoms with Gasteiger partial charge in [-0.2, -0.15) is 0 Å². The summed E-state index contributed by atoms with van der Waals surface area (Å²) in [5.74, 6) is 0.876. The van der Waals surface area contributed by atoms with E-state index in [2.05, 4.69) is 61.8 Å². The Balaban J connectivity index is 2.58. The van der Waals surface area contributed by atoms with Gasteiger partial charge >= 0.3 is 0 Å². The number of aromatic amines is 1. The van der Waals surface area contributed by atoms with E-state index in [1.54, 1.807) is 0 Å². The summed E-state index contributed by atoms with van der Waals surface area (Å²) in [6.07, 6.45) is 1.41. The number of nitrogens with zero attached hydrogens (tertiary/aromatic N) is 2. The molecule has 0 unspecified atom stereocenters. The maximum Gasteiger partial charge on any atom is 0.208 e. The summed E-state index contributed by atoms with van der Waals surface area (Å²) in [6.45, 7) is 12.5. The molecule has 0 aliphatic heterocycles. The standard InChI is InChI=1S/C17H24N4OS/c1-16(2,3)11-7-10(8-12(13(11)22)17(4,5)6)20-14-18-9-19-15(23)21-14/h7-9,22H,1-6H3,(H2,18,19,20,21,23). The van der Waals surface area contributed by atoms with Gasteiger partial charge in [-0.15, -0.1) is 0 Å². The van der Waals surface area contributed by atoms with Gasteiger partial charge in [0.05, 0.1) is 0 Å². The third kappa shape index (κ3) is 4.07. The van der Waals surface area contributed by atoms with Gasteiger partial charge in [0.2, 0.25) is 10.7 Å². The van der Waals surface area contributed by atoms with Crippen LogP contribution in [0.4, 0.5) is 11.6 Å². The van der Waals surface area contributed by atoms with Crippen LogP contribution in [0.5, 0.6) is 5.75 Å². The van der Waals surface area contributed by atoms with Crippen LogP contribution in [0.2, 0.25) is 0 Å². The second kappa shape index (κ2) is 5.92. The summed E-state index contributed by atoms with van der Waals surface area (Å²) in [6, 6.07) is 3.90.